The second kappa shape index (κ2) is 7.62. The highest BCUT2D eigenvalue weighted by atomic mass is 16.3. The van der Waals surface area contributed by atoms with Crippen molar-refractivity contribution in [1.29, 1.82) is 0 Å². The molecule has 0 spiro atoms. The number of hydrogen-bond donors (Lipinski definition) is 1. The molecule has 1 aliphatic heterocycles. The zero-order chi connectivity index (χ0) is 19.7. The van der Waals surface area contributed by atoms with Crippen LogP contribution in [0.5, 0.6) is 0 Å². The molecule has 2 aromatic heterocycles. The maximum atomic E-state index is 13.1. The van der Waals surface area contributed by atoms with Crippen LogP contribution >= 0.6 is 0 Å². The number of aromatic amines is 1. The van der Waals surface area contributed by atoms with Gasteiger partial charge < -0.3 is 9.32 Å². The van der Waals surface area contributed by atoms with E-state index in [0.29, 0.717) is 18.0 Å². The molecule has 1 aromatic carbocycles. The molecule has 1 fully saturated rings. The molecule has 6 nitrogen and oxygen atoms in total. The number of aryl methyl sites for hydroxylation is 1. The molecule has 0 aliphatic carbocycles. The number of rotatable bonds is 4. The van der Waals surface area contributed by atoms with Crippen molar-refractivity contribution < 1.29 is 9.21 Å². The summed E-state index contributed by atoms with van der Waals surface area (Å²) in [6, 6.07) is 8.47. The molecule has 0 bridgehead atoms. The predicted molar refractivity (Wildman–Crippen MR) is 107 cm³/mol. The van der Waals surface area contributed by atoms with Crippen molar-refractivity contribution in [2.45, 2.75) is 45.4 Å². The van der Waals surface area contributed by atoms with Crippen LogP contribution in [0.2, 0.25) is 0 Å². The van der Waals surface area contributed by atoms with Crippen molar-refractivity contribution in [1.82, 2.24) is 20.1 Å². The number of amides is 1. The van der Waals surface area contributed by atoms with Gasteiger partial charge >= 0.3 is 0 Å². The summed E-state index contributed by atoms with van der Waals surface area (Å²) < 4.78 is 5.45. The van der Waals surface area contributed by atoms with Crippen molar-refractivity contribution in [3.63, 3.8) is 0 Å². The van der Waals surface area contributed by atoms with Crippen molar-refractivity contribution in [3.8, 4) is 11.1 Å². The quantitative estimate of drug-likeness (QED) is 0.724. The van der Waals surface area contributed by atoms with Crippen LogP contribution < -0.4 is 0 Å². The van der Waals surface area contributed by atoms with Crippen molar-refractivity contribution in [2.75, 3.05) is 13.1 Å². The summed E-state index contributed by atoms with van der Waals surface area (Å²) in [7, 11) is 0. The fourth-order valence-electron chi connectivity index (χ4n) is 3.94. The van der Waals surface area contributed by atoms with E-state index < -0.39 is 0 Å². The van der Waals surface area contributed by atoms with Gasteiger partial charge in [-0.05, 0) is 25.3 Å². The van der Waals surface area contributed by atoms with E-state index in [1.54, 1.807) is 0 Å². The number of benzene rings is 1. The first-order chi connectivity index (χ1) is 13.5. The van der Waals surface area contributed by atoms with Gasteiger partial charge in [0.05, 0.1) is 6.20 Å². The molecule has 1 amide bonds. The molecule has 146 valence electrons. The average molecular weight is 378 g/mol. The van der Waals surface area contributed by atoms with E-state index in [1.165, 1.54) is 12.0 Å². The lowest BCUT2D eigenvalue weighted by atomic mass is 9.90. The van der Waals surface area contributed by atoms with Gasteiger partial charge in [-0.3, -0.25) is 9.89 Å². The highest BCUT2D eigenvalue weighted by Gasteiger charge is 2.31. The molecule has 3 heterocycles. The number of H-pyrrole nitrogens is 1. The lowest BCUT2D eigenvalue weighted by molar-refractivity contribution is 0.0698. The standard InChI is InChI=1S/C22H26N4O2/c1-14(2)21-20(23-13-28-21)22(27)26-10-4-5-17(12-26)19-18(11-24-25-19)16-8-6-15(3)7-9-16/h6-9,11,13-14,17H,4-5,10,12H2,1-3H3,(H,24,25). The topological polar surface area (TPSA) is 75.0 Å². The van der Waals surface area contributed by atoms with E-state index in [9.17, 15) is 4.79 Å². The van der Waals surface area contributed by atoms with Gasteiger partial charge in [-0.2, -0.15) is 5.10 Å². The van der Waals surface area contributed by atoms with Crippen molar-refractivity contribution >= 4 is 5.91 Å². The maximum absolute atomic E-state index is 13.1. The Bertz CT molecular complexity index is 955. The molecule has 28 heavy (non-hydrogen) atoms. The van der Waals surface area contributed by atoms with Crippen LogP contribution in [-0.4, -0.2) is 39.1 Å². The molecular weight excluding hydrogens is 352 g/mol. The normalized spacial score (nSPS) is 17.3. The zero-order valence-corrected chi connectivity index (χ0v) is 16.6. The molecule has 4 rings (SSSR count). The lowest BCUT2D eigenvalue weighted by Gasteiger charge is -2.32. The number of carbonyl (C=O) groups excluding carboxylic acids is 1. The molecule has 0 radical (unpaired) electrons. The van der Waals surface area contributed by atoms with Gasteiger partial charge in [0.1, 0.15) is 5.76 Å². The smallest absolute Gasteiger partial charge is 0.276 e. The number of nitrogens with zero attached hydrogens (tertiary/aromatic N) is 3. The highest BCUT2D eigenvalue weighted by Crippen LogP contribution is 2.34. The lowest BCUT2D eigenvalue weighted by Crippen LogP contribution is -2.39. The summed E-state index contributed by atoms with van der Waals surface area (Å²) >= 11 is 0. The van der Waals surface area contributed by atoms with Crippen molar-refractivity contribution in [2.24, 2.45) is 0 Å². The number of aromatic nitrogens is 3. The molecular formula is C22H26N4O2. The van der Waals surface area contributed by atoms with E-state index in [-0.39, 0.29) is 17.7 Å². The minimum atomic E-state index is -0.0430. The third-order valence-corrected chi connectivity index (χ3v) is 5.47. The number of hydrogen-bond acceptors (Lipinski definition) is 4. The predicted octanol–water partition coefficient (Wildman–Crippen LogP) is 4.52. The number of carbonyl (C=O) groups is 1. The third kappa shape index (κ3) is 3.46. The first-order valence-corrected chi connectivity index (χ1v) is 9.87. The van der Waals surface area contributed by atoms with Crippen LogP contribution in [-0.2, 0) is 0 Å². The van der Waals surface area contributed by atoms with Gasteiger partial charge in [0, 0.05) is 36.2 Å². The van der Waals surface area contributed by atoms with E-state index in [4.69, 9.17) is 4.42 Å². The van der Waals surface area contributed by atoms with Gasteiger partial charge in [0.25, 0.3) is 5.91 Å². The summed E-state index contributed by atoms with van der Waals surface area (Å²) in [6.07, 6.45) is 5.24. The third-order valence-electron chi connectivity index (χ3n) is 5.47. The average Bonchev–Trinajstić information content (AvgIpc) is 3.38. The Labute approximate surface area is 165 Å². The van der Waals surface area contributed by atoms with Crippen LogP contribution in [0.1, 0.15) is 66.0 Å². The van der Waals surface area contributed by atoms with Crippen LogP contribution in [0.3, 0.4) is 0 Å². The maximum Gasteiger partial charge on any atom is 0.276 e. The monoisotopic (exact) mass is 378 g/mol. The van der Waals surface area contributed by atoms with Gasteiger partial charge in [-0.15, -0.1) is 0 Å². The summed E-state index contributed by atoms with van der Waals surface area (Å²) in [5.74, 6) is 0.973. The second-order valence-corrected chi connectivity index (χ2v) is 7.87. The van der Waals surface area contributed by atoms with Gasteiger partial charge in [-0.25, -0.2) is 4.98 Å². The Morgan fingerprint density at radius 3 is 2.82 bits per heavy atom. The fraction of sp³-hybridized carbons (Fsp3) is 0.409. The number of oxazole rings is 1. The van der Waals surface area contributed by atoms with Gasteiger partial charge in [0.15, 0.2) is 12.1 Å². The molecule has 1 N–H and O–H groups in total. The first kappa shape index (κ1) is 18.5. The number of likely N-dealkylation sites (tertiary alicyclic amines) is 1. The Balaban J connectivity index is 1.57. The number of nitrogens with one attached hydrogen (secondary N) is 1. The first-order valence-electron chi connectivity index (χ1n) is 9.87. The van der Waals surface area contributed by atoms with E-state index in [2.05, 4.69) is 46.4 Å². The molecule has 6 heteroatoms. The highest BCUT2D eigenvalue weighted by molar-refractivity contribution is 5.93. The van der Waals surface area contributed by atoms with E-state index in [0.717, 1.165) is 36.2 Å². The molecule has 1 atom stereocenters. The summed E-state index contributed by atoms with van der Waals surface area (Å²) in [6.45, 7) is 7.50. The Morgan fingerprint density at radius 2 is 2.07 bits per heavy atom. The molecule has 1 aliphatic rings. The zero-order valence-electron chi connectivity index (χ0n) is 16.6. The summed E-state index contributed by atoms with van der Waals surface area (Å²) in [5.41, 5.74) is 5.04. The minimum Gasteiger partial charge on any atom is -0.447 e. The van der Waals surface area contributed by atoms with Gasteiger partial charge in [-0.1, -0.05) is 43.7 Å². The molecule has 0 saturated carbocycles. The van der Waals surface area contributed by atoms with Crippen LogP contribution in [0.4, 0.5) is 0 Å². The fourth-order valence-corrected chi connectivity index (χ4v) is 3.94. The van der Waals surface area contributed by atoms with Crippen molar-refractivity contribution in [3.05, 3.63) is 59.6 Å². The Morgan fingerprint density at radius 1 is 1.29 bits per heavy atom. The van der Waals surface area contributed by atoms with Gasteiger partial charge in [0.2, 0.25) is 0 Å². The largest absolute Gasteiger partial charge is 0.447 e. The van der Waals surface area contributed by atoms with E-state index >= 15 is 0 Å². The SMILES string of the molecule is Cc1ccc(-c2cn[nH]c2C2CCCN(C(=O)c3ncoc3C(C)C)C2)cc1. The molecule has 3 aromatic rings. The second-order valence-electron chi connectivity index (χ2n) is 7.87. The summed E-state index contributed by atoms with van der Waals surface area (Å²) in [5, 5.41) is 7.49. The Kier molecular flexibility index (Phi) is 5.03. The molecule has 1 saturated heterocycles. The minimum absolute atomic E-state index is 0.0430. The van der Waals surface area contributed by atoms with Crippen LogP contribution in [0, 0.1) is 6.92 Å². The number of piperidine rings is 1. The van der Waals surface area contributed by atoms with E-state index in [1.807, 2.05) is 24.9 Å². The Hall–Kier alpha value is -2.89. The summed E-state index contributed by atoms with van der Waals surface area (Å²) in [4.78, 5) is 19.2. The van der Waals surface area contributed by atoms with Crippen LogP contribution in [0.15, 0.2) is 41.3 Å². The molecule has 1 unspecified atom stereocenters. The van der Waals surface area contributed by atoms with Crippen LogP contribution in [0.25, 0.3) is 11.1 Å².